The van der Waals surface area contributed by atoms with Crippen molar-refractivity contribution in [1.29, 1.82) is 0 Å². The quantitative estimate of drug-likeness (QED) is 0.258. The molecule has 1 aromatic heterocycles. The predicted octanol–water partition coefficient (Wildman–Crippen LogP) is 4.33. The first-order chi connectivity index (χ1) is 16.5. The van der Waals surface area contributed by atoms with Crippen LogP contribution in [0.15, 0.2) is 90.2 Å². The largest absolute Gasteiger partial charge is 0.329 e. The number of hydrogen-bond acceptors (Lipinski definition) is 4. The second-order valence-corrected chi connectivity index (χ2v) is 7.42. The van der Waals surface area contributed by atoms with E-state index >= 15 is 0 Å². The van der Waals surface area contributed by atoms with Gasteiger partial charge in [-0.25, -0.2) is 14.5 Å². The van der Waals surface area contributed by atoms with Gasteiger partial charge in [-0.15, -0.1) is 0 Å². The molecule has 7 nitrogen and oxygen atoms in total. The van der Waals surface area contributed by atoms with E-state index in [0.29, 0.717) is 22.5 Å². The van der Waals surface area contributed by atoms with E-state index in [2.05, 4.69) is 20.9 Å². The van der Waals surface area contributed by atoms with Gasteiger partial charge in [-0.05, 0) is 60.5 Å². The van der Waals surface area contributed by atoms with E-state index in [0.717, 1.165) is 17.7 Å². The molecule has 170 valence electrons. The summed E-state index contributed by atoms with van der Waals surface area (Å²) < 4.78 is 15.1. The predicted molar refractivity (Wildman–Crippen MR) is 129 cm³/mol. The summed E-state index contributed by atoms with van der Waals surface area (Å²) in [7, 11) is 0. The van der Waals surface area contributed by atoms with Crippen molar-refractivity contribution in [2.24, 2.45) is 5.10 Å². The van der Waals surface area contributed by atoms with Crippen LogP contribution in [0.3, 0.4) is 0 Å². The average Bonchev–Trinajstić information content (AvgIpc) is 3.29. The molecule has 0 saturated carbocycles. The SMILES string of the molecule is CCc1ccc(NC(=O)C(=O)N/N=C\c2cn(-c3ccccc3)nc2-c2ccc(F)cc2)cc1. The zero-order valence-corrected chi connectivity index (χ0v) is 18.4. The molecule has 0 aliphatic rings. The number of carbonyl (C=O) groups is 2. The van der Waals surface area contributed by atoms with E-state index in [1.165, 1.54) is 18.3 Å². The van der Waals surface area contributed by atoms with Gasteiger partial charge in [0.15, 0.2) is 0 Å². The first-order valence-corrected chi connectivity index (χ1v) is 10.7. The van der Waals surface area contributed by atoms with Crippen molar-refractivity contribution in [1.82, 2.24) is 15.2 Å². The van der Waals surface area contributed by atoms with Crippen molar-refractivity contribution < 1.29 is 14.0 Å². The summed E-state index contributed by atoms with van der Waals surface area (Å²) in [4.78, 5) is 24.4. The lowest BCUT2D eigenvalue weighted by Gasteiger charge is -2.04. The van der Waals surface area contributed by atoms with Gasteiger partial charge >= 0.3 is 11.8 Å². The Kier molecular flexibility index (Phi) is 6.88. The molecule has 0 bridgehead atoms. The van der Waals surface area contributed by atoms with E-state index in [4.69, 9.17) is 0 Å². The summed E-state index contributed by atoms with van der Waals surface area (Å²) in [5, 5.41) is 11.1. The van der Waals surface area contributed by atoms with Gasteiger partial charge in [0.05, 0.1) is 11.9 Å². The Morgan fingerprint density at radius 2 is 1.68 bits per heavy atom. The second kappa shape index (κ2) is 10.4. The van der Waals surface area contributed by atoms with Gasteiger partial charge in [0.25, 0.3) is 0 Å². The van der Waals surface area contributed by atoms with Crippen LogP contribution in [0.5, 0.6) is 0 Å². The van der Waals surface area contributed by atoms with Gasteiger partial charge < -0.3 is 5.32 Å². The number of nitrogens with zero attached hydrogens (tertiary/aromatic N) is 3. The second-order valence-electron chi connectivity index (χ2n) is 7.42. The van der Waals surface area contributed by atoms with Crippen molar-refractivity contribution in [2.75, 3.05) is 5.32 Å². The normalized spacial score (nSPS) is 10.9. The highest BCUT2D eigenvalue weighted by atomic mass is 19.1. The first kappa shape index (κ1) is 22.6. The molecule has 4 rings (SSSR count). The number of carbonyl (C=O) groups excluding carboxylic acids is 2. The van der Waals surface area contributed by atoms with Crippen molar-refractivity contribution in [2.45, 2.75) is 13.3 Å². The van der Waals surface area contributed by atoms with Gasteiger partial charge in [-0.2, -0.15) is 10.2 Å². The lowest BCUT2D eigenvalue weighted by Crippen LogP contribution is -2.32. The van der Waals surface area contributed by atoms with Crippen molar-refractivity contribution in [3.63, 3.8) is 0 Å². The number of anilines is 1. The van der Waals surface area contributed by atoms with Crippen LogP contribution in [-0.4, -0.2) is 27.8 Å². The Morgan fingerprint density at radius 1 is 0.971 bits per heavy atom. The Hall–Kier alpha value is -4.59. The fourth-order valence-electron chi connectivity index (χ4n) is 3.25. The molecular formula is C26H22FN5O2. The summed E-state index contributed by atoms with van der Waals surface area (Å²) >= 11 is 0. The molecule has 34 heavy (non-hydrogen) atoms. The summed E-state index contributed by atoms with van der Waals surface area (Å²) in [6, 6.07) is 22.6. The van der Waals surface area contributed by atoms with Gasteiger partial charge in [-0.3, -0.25) is 9.59 Å². The van der Waals surface area contributed by atoms with E-state index in [1.54, 1.807) is 35.1 Å². The molecule has 0 atom stereocenters. The minimum Gasteiger partial charge on any atom is -0.318 e. The standard InChI is InChI=1S/C26H22FN5O2/c1-2-18-8-14-22(15-9-18)29-25(33)26(34)30-28-16-20-17-32(23-6-4-3-5-7-23)31-24(20)19-10-12-21(27)13-11-19/h3-17H,2H2,1H3,(H,29,33)(H,30,34)/b28-16-. The van der Waals surface area contributed by atoms with Gasteiger partial charge in [0, 0.05) is 23.0 Å². The molecule has 1 heterocycles. The number of halogens is 1. The Bertz CT molecular complexity index is 1310. The number of aromatic nitrogens is 2. The van der Waals surface area contributed by atoms with E-state index in [9.17, 15) is 14.0 Å². The number of aryl methyl sites for hydroxylation is 1. The van der Waals surface area contributed by atoms with E-state index in [-0.39, 0.29) is 5.82 Å². The van der Waals surface area contributed by atoms with Crippen LogP contribution in [-0.2, 0) is 16.0 Å². The maximum absolute atomic E-state index is 13.4. The van der Waals surface area contributed by atoms with Crippen LogP contribution in [0.25, 0.3) is 16.9 Å². The molecule has 8 heteroatoms. The third kappa shape index (κ3) is 5.42. The molecule has 2 amide bonds. The zero-order chi connectivity index (χ0) is 23.9. The molecule has 0 radical (unpaired) electrons. The molecule has 0 saturated heterocycles. The van der Waals surface area contributed by atoms with Gasteiger partial charge in [0.1, 0.15) is 11.5 Å². The van der Waals surface area contributed by atoms with Crippen LogP contribution in [0.1, 0.15) is 18.1 Å². The highest BCUT2D eigenvalue weighted by Crippen LogP contribution is 2.23. The first-order valence-electron chi connectivity index (χ1n) is 10.7. The minimum atomic E-state index is -0.908. The summed E-state index contributed by atoms with van der Waals surface area (Å²) in [5.41, 5.74) is 6.49. The maximum Gasteiger partial charge on any atom is 0.329 e. The highest BCUT2D eigenvalue weighted by Gasteiger charge is 2.14. The van der Waals surface area contributed by atoms with Gasteiger partial charge in [-0.1, -0.05) is 37.3 Å². The molecule has 0 aliphatic heterocycles. The number of hydrazone groups is 1. The number of amides is 2. The van der Waals surface area contributed by atoms with Gasteiger partial charge in [0.2, 0.25) is 0 Å². The van der Waals surface area contributed by atoms with E-state index in [1.807, 2.05) is 49.4 Å². The van der Waals surface area contributed by atoms with Crippen molar-refractivity contribution in [3.8, 4) is 16.9 Å². The molecule has 2 N–H and O–H groups in total. The maximum atomic E-state index is 13.4. The topological polar surface area (TPSA) is 88.4 Å². The average molecular weight is 455 g/mol. The third-order valence-corrected chi connectivity index (χ3v) is 5.08. The molecular weight excluding hydrogens is 433 g/mol. The zero-order valence-electron chi connectivity index (χ0n) is 18.4. The third-order valence-electron chi connectivity index (χ3n) is 5.08. The molecule has 0 fully saturated rings. The number of nitrogens with one attached hydrogen (secondary N) is 2. The van der Waals surface area contributed by atoms with Crippen LogP contribution >= 0.6 is 0 Å². The number of benzene rings is 3. The molecule has 3 aromatic carbocycles. The number of para-hydroxylation sites is 1. The number of hydrogen-bond donors (Lipinski definition) is 2. The smallest absolute Gasteiger partial charge is 0.318 e. The Balaban J connectivity index is 1.50. The van der Waals surface area contributed by atoms with Crippen molar-refractivity contribution >= 4 is 23.7 Å². The Morgan fingerprint density at radius 3 is 2.35 bits per heavy atom. The lowest BCUT2D eigenvalue weighted by atomic mass is 10.1. The summed E-state index contributed by atoms with van der Waals surface area (Å²) in [6.07, 6.45) is 4.01. The molecule has 4 aromatic rings. The lowest BCUT2D eigenvalue weighted by molar-refractivity contribution is -0.136. The fraction of sp³-hybridized carbons (Fsp3) is 0.0769. The monoisotopic (exact) mass is 455 g/mol. The Labute approximate surface area is 195 Å². The molecule has 0 spiro atoms. The molecule has 0 unspecified atom stereocenters. The highest BCUT2D eigenvalue weighted by molar-refractivity contribution is 6.39. The minimum absolute atomic E-state index is 0.357. The number of rotatable bonds is 6. The molecule has 0 aliphatic carbocycles. The van der Waals surface area contributed by atoms with Crippen molar-refractivity contribution in [3.05, 3.63) is 102 Å². The van der Waals surface area contributed by atoms with E-state index < -0.39 is 11.8 Å². The van der Waals surface area contributed by atoms with Crippen LogP contribution in [0.2, 0.25) is 0 Å². The fourth-order valence-corrected chi connectivity index (χ4v) is 3.25. The van der Waals surface area contributed by atoms with Crippen LogP contribution in [0, 0.1) is 5.82 Å². The van der Waals surface area contributed by atoms with Crippen LogP contribution < -0.4 is 10.7 Å². The summed E-state index contributed by atoms with van der Waals surface area (Å²) in [6.45, 7) is 2.03. The van der Waals surface area contributed by atoms with Crippen LogP contribution in [0.4, 0.5) is 10.1 Å². The summed E-state index contributed by atoms with van der Waals surface area (Å²) in [5.74, 6) is -2.10.